The Labute approximate surface area is 131 Å². The van der Waals surface area contributed by atoms with E-state index in [-0.39, 0.29) is 5.56 Å². The molecule has 1 N–H and O–H groups in total. The van der Waals surface area contributed by atoms with Crippen molar-refractivity contribution in [2.24, 2.45) is 0 Å². The monoisotopic (exact) mass is 323 g/mol. The van der Waals surface area contributed by atoms with Gasteiger partial charge in [0.15, 0.2) is 0 Å². The number of aliphatic hydroxyl groups is 1. The Kier molecular flexibility index (Phi) is 3.07. The Hall–Kier alpha value is -2.08. The van der Waals surface area contributed by atoms with Crippen molar-refractivity contribution in [3.63, 3.8) is 0 Å². The van der Waals surface area contributed by atoms with Crippen molar-refractivity contribution in [1.29, 1.82) is 0 Å². The van der Waals surface area contributed by atoms with E-state index >= 15 is 8.78 Å². The smallest absolute Gasteiger partial charge is 0.277 e. The van der Waals surface area contributed by atoms with Gasteiger partial charge < -0.3 is 5.11 Å². The maximum Gasteiger partial charge on any atom is 0.277 e. The Bertz CT molecular complexity index is 857. The molecule has 1 aromatic heterocycles. The summed E-state index contributed by atoms with van der Waals surface area (Å²) in [4.78, 5) is 12.0. The van der Waals surface area contributed by atoms with Crippen LogP contribution in [-0.4, -0.2) is 15.5 Å². The number of benzene rings is 1. The number of hydrogen-bond acceptors (Lipinski definition) is 2. The highest BCUT2D eigenvalue weighted by molar-refractivity contribution is 5.50. The van der Waals surface area contributed by atoms with E-state index in [1.54, 1.807) is 6.92 Å². The van der Waals surface area contributed by atoms with Gasteiger partial charge in [0.1, 0.15) is 5.82 Å². The van der Waals surface area contributed by atoms with Gasteiger partial charge in [-0.1, -0.05) is 26.0 Å². The molecule has 2 unspecified atom stereocenters. The largest absolute Gasteiger partial charge is 0.357 e. The van der Waals surface area contributed by atoms with Gasteiger partial charge in [0, 0.05) is 12.3 Å². The normalized spacial score (nSPS) is 28.7. The van der Waals surface area contributed by atoms with Crippen molar-refractivity contribution >= 4 is 0 Å². The third-order valence-electron chi connectivity index (χ3n) is 4.66. The second-order valence-corrected chi connectivity index (χ2v) is 6.45. The summed E-state index contributed by atoms with van der Waals surface area (Å²) >= 11 is 0. The first-order chi connectivity index (χ1) is 10.5. The molecule has 0 radical (unpaired) electrons. The lowest BCUT2D eigenvalue weighted by Crippen LogP contribution is -2.57. The standard InChI is InChI=1S/C17H16F3NO2/c1-10-8-11-14(12(18)9-10)16(19,17(20,23)15(11,2)3)21-7-5-4-6-13(21)22/h4-9,23H,1-3H3. The molecule has 3 rings (SSSR count). The average Bonchev–Trinajstić information content (AvgIpc) is 2.56. The third-order valence-corrected chi connectivity index (χ3v) is 4.66. The van der Waals surface area contributed by atoms with Crippen LogP contribution in [0.5, 0.6) is 0 Å². The molecule has 2 aromatic rings. The maximum atomic E-state index is 15.9. The predicted octanol–water partition coefficient (Wildman–Crippen LogP) is 2.92. The number of halogens is 3. The molecule has 0 bridgehead atoms. The summed E-state index contributed by atoms with van der Waals surface area (Å²) < 4.78 is 46.0. The number of nitrogens with zero attached hydrogens (tertiary/aromatic N) is 1. The van der Waals surface area contributed by atoms with Crippen LogP contribution >= 0.6 is 0 Å². The molecule has 2 atom stereocenters. The fraction of sp³-hybridized carbons (Fsp3) is 0.353. The van der Waals surface area contributed by atoms with Crippen LogP contribution < -0.4 is 5.56 Å². The fourth-order valence-electron chi connectivity index (χ4n) is 3.29. The first-order valence-electron chi connectivity index (χ1n) is 7.14. The van der Waals surface area contributed by atoms with Crippen molar-refractivity contribution in [2.75, 3.05) is 0 Å². The zero-order valence-corrected chi connectivity index (χ0v) is 12.9. The van der Waals surface area contributed by atoms with E-state index in [4.69, 9.17) is 0 Å². The summed E-state index contributed by atoms with van der Waals surface area (Å²) in [7, 11) is 0. The molecule has 23 heavy (non-hydrogen) atoms. The van der Waals surface area contributed by atoms with Crippen molar-refractivity contribution in [3.8, 4) is 0 Å². The van der Waals surface area contributed by atoms with Crippen LogP contribution in [0.2, 0.25) is 0 Å². The van der Waals surface area contributed by atoms with Gasteiger partial charge in [-0.3, -0.25) is 9.36 Å². The Balaban J connectivity index is 2.49. The Morgan fingerprint density at radius 1 is 1.17 bits per heavy atom. The summed E-state index contributed by atoms with van der Waals surface area (Å²) in [6.45, 7) is 4.14. The van der Waals surface area contributed by atoms with E-state index < -0.39 is 34.0 Å². The van der Waals surface area contributed by atoms with Crippen molar-refractivity contribution in [2.45, 2.75) is 37.8 Å². The van der Waals surface area contributed by atoms with Crippen molar-refractivity contribution < 1.29 is 18.3 Å². The SMILES string of the molecule is Cc1cc(F)c2c(c1)C(C)(C)C(O)(F)C2(F)n1ccccc1=O. The lowest BCUT2D eigenvalue weighted by atomic mass is 9.81. The molecule has 0 amide bonds. The summed E-state index contributed by atoms with van der Waals surface area (Å²) in [6.07, 6.45) is 0.997. The second-order valence-electron chi connectivity index (χ2n) is 6.45. The van der Waals surface area contributed by atoms with Gasteiger partial charge in [0.2, 0.25) is 0 Å². The molecule has 1 aliphatic carbocycles. The van der Waals surface area contributed by atoms with Crippen molar-refractivity contribution in [3.05, 3.63) is 69.4 Å². The van der Waals surface area contributed by atoms with Crippen LogP contribution in [0.15, 0.2) is 41.3 Å². The van der Waals surface area contributed by atoms with Gasteiger partial charge in [-0.25, -0.2) is 13.2 Å². The molecular formula is C17H16F3NO2. The quantitative estimate of drug-likeness (QED) is 0.877. The number of aromatic nitrogens is 1. The highest BCUT2D eigenvalue weighted by Gasteiger charge is 2.71. The topological polar surface area (TPSA) is 42.2 Å². The molecule has 0 saturated heterocycles. The van der Waals surface area contributed by atoms with Crippen LogP contribution in [0.4, 0.5) is 13.2 Å². The number of aryl methyl sites for hydroxylation is 1. The summed E-state index contributed by atoms with van der Waals surface area (Å²) in [5, 5.41) is 10.4. The Morgan fingerprint density at radius 3 is 2.43 bits per heavy atom. The van der Waals surface area contributed by atoms with E-state index in [1.165, 1.54) is 32.0 Å². The molecule has 1 aliphatic rings. The van der Waals surface area contributed by atoms with E-state index in [2.05, 4.69) is 0 Å². The van der Waals surface area contributed by atoms with Crippen molar-refractivity contribution in [1.82, 2.24) is 4.57 Å². The molecular weight excluding hydrogens is 307 g/mol. The summed E-state index contributed by atoms with van der Waals surface area (Å²) in [5.41, 5.74) is -2.81. The van der Waals surface area contributed by atoms with E-state index in [0.717, 1.165) is 18.3 Å². The fourth-order valence-corrected chi connectivity index (χ4v) is 3.29. The summed E-state index contributed by atoms with van der Waals surface area (Å²) in [6, 6.07) is 6.17. The number of rotatable bonds is 1. The van der Waals surface area contributed by atoms with E-state index in [9.17, 15) is 14.3 Å². The number of hydrogen-bond donors (Lipinski definition) is 1. The molecule has 0 fully saturated rings. The molecule has 6 heteroatoms. The van der Waals surface area contributed by atoms with Crippen LogP contribution in [0.25, 0.3) is 0 Å². The highest BCUT2D eigenvalue weighted by Crippen LogP contribution is 2.59. The van der Waals surface area contributed by atoms with Gasteiger partial charge in [0.05, 0.1) is 11.0 Å². The first kappa shape index (κ1) is 15.8. The predicted molar refractivity (Wildman–Crippen MR) is 79.1 cm³/mol. The van der Waals surface area contributed by atoms with Crippen LogP contribution in [-0.2, 0) is 11.2 Å². The first-order valence-corrected chi connectivity index (χ1v) is 7.14. The van der Waals surface area contributed by atoms with E-state index in [1.807, 2.05) is 0 Å². The second kappa shape index (κ2) is 4.47. The van der Waals surface area contributed by atoms with Gasteiger partial charge in [-0.15, -0.1) is 0 Å². The van der Waals surface area contributed by atoms with Crippen LogP contribution in [0.3, 0.4) is 0 Å². The molecule has 0 spiro atoms. The minimum atomic E-state index is -3.51. The minimum Gasteiger partial charge on any atom is -0.357 e. The Morgan fingerprint density at radius 2 is 1.83 bits per heavy atom. The lowest BCUT2D eigenvalue weighted by molar-refractivity contribution is -0.237. The van der Waals surface area contributed by atoms with Gasteiger partial charge >= 0.3 is 0 Å². The maximum absolute atomic E-state index is 15.9. The lowest BCUT2D eigenvalue weighted by Gasteiger charge is -2.37. The van der Waals surface area contributed by atoms with Crippen LogP contribution in [0, 0.1) is 12.7 Å². The zero-order valence-electron chi connectivity index (χ0n) is 12.9. The number of alkyl halides is 2. The molecule has 0 saturated carbocycles. The molecule has 3 nitrogen and oxygen atoms in total. The van der Waals surface area contributed by atoms with Gasteiger partial charge in [0.25, 0.3) is 17.2 Å². The number of fused-ring (bicyclic) bond motifs is 1. The third kappa shape index (κ3) is 1.72. The molecule has 0 aliphatic heterocycles. The highest BCUT2D eigenvalue weighted by atomic mass is 19.2. The summed E-state index contributed by atoms with van der Waals surface area (Å²) in [5.74, 6) is -7.87. The van der Waals surface area contributed by atoms with Gasteiger partial charge in [-0.2, -0.15) is 0 Å². The molecule has 1 aromatic carbocycles. The molecule has 1 heterocycles. The zero-order chi connectivity index (χ0) is 17.2. The molecule has 122 valence electrons. The van der Waals surface area contributed by atoms with E-state index in [0.29, 0.717) is 10.1 Å². The average molecular weight is 323 g/mol. The minimum absolute atomic E-state index is 0.00162. The van der Waals surface area contributed by atoms with Crippen LogP contribution in [0.1, 0.15) is 30.5 Å². The number of pyridine rings is 1. The van der Waals surface area contributed by atoms with Gasteiger partial charge in [-0.05, 0) is 30.2 Å².